The molecule has 0 bridgehead atoms. The van der Waals surface area contributed by atoms with E-state index in [1.807, 2.05) is 6.07 Å². The van der Waals surface area contributed by atoms with E-state index in [1.165, 1.54) is 0 Å². The van der Waals surface area contributed by atoms with Gasteiger partial charge < -0.3 is 15.1 Å². The van der Waals surface area contributed by atoms with Gasteiger partial charge in [0.15, 0.2) is 0 Å². The SMILES string of the molecule is CC(=O)N(C)C1CCN(C(=O)Nc2cccc(C#N)c2)CC1. The normalized spacial score (nSPS) is 15.0. The van der Waals surface area contributed by atoms with E-state index >= 15 is 0 Å². The summed E-state index contributed by atoms with van der Waals surface area (Å²) in [6.45, 7) is 2.79. The first-order chi connectivity index (χ1) is 10.5. The number of urea groups is 1. The molecule has 0 atom stereocenters. The van der Waals surface area contributed by atoms with Crippen molar-refractivity contribution in [2.24, 2.45) is 0 Å². The number of nitrogens with one attached hydrogen (secondary N) is 1. The lowest BCUT2D eigenvalue weighted by atomic mass is 10.0. The predicted molar refractivity (Wildman–Crippen MR) is 83.2 cm³/mol. The second-order valence-electron chi connectivity index (χ2n) is 5.47. The van der Waals surface area contributed by atoms with Crippen LogP contribution in [-0.2, 0) is 4.79 Å². The van der Waals surface area contributed by atoms with E-state index in [0.717, 1.165) is 12.8 Å². The van der Waals surface area contributed by atoms with Crippen LogP contribution in [0, 0.1) is 11.3 Å². The number of nitriles is 1. The third kappa shape index (κ3) is 3.76. The predicted octanol–water partition coefficient (Wildman–Crippen LogP) is 2.03. The topological polar surface area (TPSA) is 76.4 Å². The highest BCUT2D eigenvalue weighted by Crippen LogP contribution is 2.17. The third-order valence-corrected chi connectivity index (χ3v) is 4.04. The number of likely N-dealkylation sites (tertiary alicyclic amines) is 1. The Kier molecular flexibility index (Phi) is 4.99. The minimum Gasteiger partial charge on any atom is -0.343 e. The second kappa shape index (κ2) is 6.94. The Hall–Kier alpha value is -2.55. The Bertz CT molecular complexity index is 600. The fraction of sp³-hybridized carbons (Fsp3) is 0.438. The van der Waals surface area contributed by atoms with E-state index in [-0.39, 0.29) is 18.0 Å². The van der Waals surface area contributed by atoms with Crippen LogP contribution in [0.5, 0.6) is 0 Å². The maximum atomic E-state index is 12.2. The smallest absolute Gasteiger partial charge is 0.321 e. The first-order valence-corrected chi connectivity index (χ1v) is 7.30. The zero-order valence-electron chi connectivity index (χ0n) is 12.9. The highest BCUT2D eigenvalue weighted by molar-refractivity contribution is 5.89. The van der Waals surface area contributed by atoms with Crippen molar-refractivity contribution in [3.8, 4) is 6.07 Å². The van der Waals surface area contributed by atoms with Crippen molar-refractivity contribution in [2.45, 2.75) is 25.8 Å². The molecular formula is C16H20N4O2. The summed E-state index contributed by atoms with van der Waals surface area (Å²) < 4.78 is 0. The first kappa shape index (κ1) is 15.8. The summed E-state index contributed by atoms with van der Waals surface area (Å²) in [6, 6.07) is 8.91. The van der Waals surface area contributed by atoms with Crippen LogP contribution >= 0.6 is 0 Å². The summed E-state index contributed by atoms with van der Waals surface area (Å²) in [4.78, 5) is 27.1. The van der Waals surface area contributed by atoms with Gasteiger partial charge in [0.05, 0.1) is 11.6 Å². The molecule has 1 N–H and O–H groups in total. The summed E-state index contributed by atoms with van der Waals surface area (Å²) in [5.74, 6) is 0.0521. The highest BCUT2D eigenvalue weighted by Gasteiger charge is 2.26. The van der Waals surface area contributed by atoms with Crippen molar-refractivity contribution in [1.29, 1.82) is 5.26 Å². The molecule has 1 saturated heterocycles. The van der Waals surface area contributed by atoms with Crippen LogP contribution in [0.25, 0.3) is 0 Å². The minimum absolute atomic E-state index is 0.0521. The second-order valence-corrected chi connectivity index (χ2v) is 5.47. The average molecular weight is 300 g/mol. The van der Waals surface area contributed by atoms with E-state index in [9.17, 15) is 9.59 Å². The largest absolute Gasteiger partial charge is 0.343 e. The number of nitrogens with zero attached hydrogens (tertiary/aromatic N) is 3. The lowest BCUT2D eigenvalue weighted by Crippen LogP contribution is -2.47. The maximum Gasteiger partial charge on any atom is 0.321 e. The third-order valence-electron chi connectivity index (χ3n) is 4.04. The van der Waals surface area contributed by atoms with Crippen LogP contribution in [0.4, 0.5) is 10.5 Å². The van der Waals surface area contributed by atoms with Gasteiger partial charge in [-0.3, -0.25) is 4.79 Å². The number of hydrogen-bond donors (Lipinski definition) is 1. The Balaban J connectivity index is 1.90. The van der Waals surface area contributed by atoms with Crippen LogP contribution < -0.4 is 5.32 Å². The molecule has 0 spiro atoms. The minimum atomic E-state index is -0.168. The van der Waals surface area contributed by atoms with E-state index < -0.39 is 0 Å². The Labute approximate surface area is 130 Å². The summed E-state index contributed by atoms with van der Waals surface area (Å²) in [6.07, 6.45) is 1.56. The van der Waals surface area contributed by atoms with E-state index in [0.29, 0.717) is 24.3 Å². The van der Waals surface area contributed by atoms with Crippen molar-refractivity contribution in [3.63, 3.8) is 0 Å². The summed E-state index contributed by atoms with van der Waals surface area (Å²) in [5, 5.41) is 11.7. The van der Waals surface area contributed by atoms with Gasteiger partial charge in [-0.2, -0.15) is 5.26 Å². The van der Waals surface area contributed by atoms with Gasteiger partial charge in [0.25, 0.3) is 0 Å². The van der Waals surface area contributed by atoms with E-state index in [4.69, 9.17) is 5.26 Å². The molecule has 6 nitrogen and oxygen atoms in total. The van der Waals surface area contributed by atoms with Crippen molar-refractivity contribution in [3.05, 3.63) is 29.8 Å². The Morgan fingerprint density at radius 2 is 2.05 bits per heavy atom. The molecule has 0 saturated carbocycles. The number of rotatable bonds is 2. The fourth-order valence-corrected chi connectivity index (χ4v) is 2.58. The van der Waals surface area contributed by atoms with Gasteiger partial charge in [0.2, 0.25) is 5.91 Å². The molecule has 1 aliphatic rings. The zero-order valence-corrected chi connectivity index (χ0v) is 12.9. The van der Waals surface area contributed by atoms with Crippen LogP contribution in [0.2, 0.25) is 0 Å². The molecule has 0 unspecified atom stereocenters. The molecule has 0 radical (unpaired) electrons. The molecule has 1 heterocycles. The van der Waals surface area contributed by atoms with E-state index in [1.54, 1.807) is 48.0 Å². The average Bonchev–Trinajstić information content (AvgIpc) is 2.54. The molecule has 0 aromatic heterocycles. The number of anilines is 1. The number of hydrogen-bond acceptors (Lipinski definition) is 3. The number of carbonyl (C=O) groups excluding carboxylic acids is 2. The van der Waals surface area contributed by atoms with Crippen molar-refractivity contribution in [1.82, 2.24) is 9.80 Å². The summed E-state index contributed by atoms with van der Waals surface area (Å²) >= 11 is 0. The van der Waals surface area contributed by atoms with Crippen molar-refractivity contribution < 1.29 is 9.59 Å². The van der Waals surface area contributed by atoms with Gasteiger partial charge in [-0.15, -0.1) is 0 Å². The quantitative estimate of drug-likeness (QED) is 0.908. The first-order valence-electron chi connectivity index (χ1n) is 7.30. The molecule has 116 valence electrons. The molecule has 0 aliphatic carbocycles. The Morgan fingerprint density at radius 1 is 1.36 bits per heavy atom. The van der Waals surface area contributed by atoms with Crippen LogP contribution in [0.3, 0.4) is 0 Å². The molecule has 1 aromatic carbocycles. The number of piperidine rings is 1. The zero-order chi connectivity index (χ0) is 16.1. The molecule has 1 aromatic rings. The monoisotopic (exact) mass is 300 g/mol. The van der Waals surface area contributed by atoms with Gasteiger partial charge in [-0.1, -0.05) is 6.07 Å². The lowest BCUT2D eigenvalue weighted by Gasteiger charge is -2.36. The van der Waals surface area contributed by atoms with Crippen LogP contribution in [0.15, 0.2) is 24.3 Å². The van der Waals surface area contributed by atoms with Gasteiger partial charge in [-0.25, -0.2) is 4.79 Å². The van der Waals surface area contributed by atoms with Crippen molar-refractivity contribution >= 4 is 17.6 Å². The number of amides is 3. The molecule has 3 amide bonds. The lowest BCUT2D eigenvalue weighted by molar-refractivity contribution is -0.130. The highest BCUT2D eigenvalue weighted by atomic mass is 16.2. The van der Waals surface area contributed by atoms with Gasteiger partial charge in [0.1, 0.15) is 0 Å². The van der Waals surface area contributed by atoms with E-state index in [2.05, 4.69) is 5.32 Å². The molecule has 6 heteroatoms. The molecular weight excluding hydrogens is 280 g/mol. The number of benzene rings is 1. The molecule has 22 heavy (non-hydrogen) atoms. The number of carbonyl (C=O) groups is 2. The molecule has 1 fully saturated rings. The summed E-state index contributed by atoms with van der Waals surface area (Å²) in [7, 11) is 1.80. The van der Waals surface area contributed by atoms with Crippen LogP contribution in [0.1, 0.15) is 25.3 Å². The maximum absolute atomic E-state index is 12.2. The molecule has 1 aliphatic heterocycles. The fourth-order valence-electron chi connectivity index (χ4n) is 2.58. The Morgan fingerprint density at radius 3 is 2.64 bits per heavy atom. The summed E-state index contributed by atoms with van der Waals surface area (Å²) in [5.41, 5.74) is 1.13. The van der Waals surface area contributed by atoms with Gasteiger partial charge in [0, 0.05) is 38.8 Å². The van der Waals surface area contributed by atoms with Crippen molar-refractivity contribution in [2.75, 3.05) is 25.5 Å². The van der Waals surface area contributed by atoms with Crippen LogP contribution in [-0.4, -0.2) is 47.9 Å². The standard InChI is InChI=1S/C16H20N4O2/c1-12(21)19(2)15-6-8-20(9-7-15)16(22)18-14-5-3-4-13(10-14)11-17/h3-5,10,15H,6-9H2,1-2H3,(H,18,22). The molecule has 2 rings (SSSR count). The van der Waals surface area contributed by atoms with Gasteiger partial charge >= 0.3 is 6.03 Å². The van der Waals surface area contributed by atoms with Gasteiger partial charge in [-0.05, 0) is 31.0 Å².